The Balaban J connectivity index is 2.22. The summed E-state index contributed by atoms with van der Waals surface area (Å²) in [5.74, 6) is -0.176. The number of carboxylic acids is 1. The number of aromatic nitrogens is 1. The zero-order valence-electron chi connectivity index (χ0n) is 13.6. The summed E-state index contributed by atoms with van der Waals surface area (Å²) in [7, 11) is 0. The molecule has 0 bridgehead atoms. The molecule has 5 heteroatoms. The smallest absolute Gasteiger partial charge is 0.339 e. The first-order valence-electron chi connectivity index (χ1n) is 7.62. The van der Waals surface area contributed by atoms with Crippen LogP contribution in [0.2, 0.25) is 0 Å². The Morgan fingerprint density at radius 2 is 2.14 bits per heavy atom. The number of nitrogens with one attached hydrogen (secondary N) is 1. The van der Waals surface area contributed by atoms with Crippen molar-refractivity contribution in [2.75, 3.05) is 6.54 Å². The van der Waals surface area contributed by atoms with Gasteiger partial charge in [-0.3, -0.25) is 0 Å². The maximum Gasteiger partial charge on any atom is 0.339 e. The molecule has 0 atom stereocenters. The van der Waals surface area contributed by atoms with Crippen molar-refractivity contribution in [3.05, 3.63) is 40.0 Å². The van der Waals surface area contributed by atoms with Crippen molar-refractivity contribution in [3.63, 3.8) is 0 Å². The van der Waals surface area contributed by atoms with Crippen LogP contribution in [-0.2, 0) is 6.54 Å². The van der Waals surface area contributed by atoms with Crippen LogP contribution in [0.4, 0.5) is 0 Å². The number of hydrogen-bond donors (Lipinski definition) is 2. The normalized spacial score (nSPS) is 11.3. The number of carbonyl (C=O) groups is 1. The number of aromatic carboxylic acids is 1. The predicted molar refractivity (Wildman–Crippen MR) is 91.2 cm³/mol. The molecule has 0 fully saturated rings. The maximum absolute atomic E-state index is 11.6. The molecule has 2 heterocycles. The first kappa shape index (κ1) is 16.8. The Labute approximate surface area is 135 Å². The van der Waals surface area contributed by atoms with Gasteiger partial charge in [-0.1, -0.05) is 13.8 Å². The van der Waals surface area contributed by atoms with Gasteiger partial charge in [0.25, 0.3) is 0 Å². The third kappa shape index (κ3) is 3.59. The molecule has 0 radical (unpaired) electrons. The average molecular weight is 320 g/mol. The molecule has 0 aliphatic rings. The Morgan fingerprint density at radius 3 is 2.77 bits per heavy atom. The molecule has 0 saturated heterocycles. The molecule has 0 aliphatic heterocycles. The predicted octanol–water partition coefficient (Wildman–Crippen LogP) is 3.99. The van der Waals surface area contributed by atoms with Crippen molar-refractivity contribution in [3.8, 4) is 5.00 Å². The number of thiophene rings is 1. The molecule has 2 aromatic heterocycles. The van der Waals surface area contributed by atoms with Crippen LogP contribution in [0.1, 0.15) is 46.8 Å². The van der Waals surface area contributed by atoms with E-state index < -0.39 is 5.97 Å². The highest BCUT2D eigenvalue weighted by atomic mass is 32.1. The summed E-state index contributed by atoms with van der Waals surface area (Å²) >= 11 is 1.54. The van der Waals surface area contributed by atoms with Crippen LogP contribution >= 0.6 is 11.3 Å². The van der Waals surface area contributed by atoms with Crippen LogP contribution in [0.3, 0.4) is 0 Å². The lowest BCUT2D eigenvalue weighted by Gasteiger charge is -2.11. The second kappa shape index (κ2) is 7.11. The minimum atomic E-state index is -0.857. The molecule has 4 nitrogen and oxygen atoms in total. The van der Waals surface area contributed by atoms with Gasteiger partial charge in [-0.15, -0.1) is 11.3 Å². The van der Waals surface area contributed by atoms with Crippen molar-refractivity contribution in [1.82, 2.24) is 9.88 Å². The van der Waals surface area contributed by atoms with E-state index in [4.69, 9.17) is 0 Å². The van der Waals surface area contributed by atoms with Gasteiger partial charge in [-0.25, -0.2) is 4.79 Å². The Hall–Kier alpha value is -1.59. The lowest BCUT2D eigenvalue weighted by molar-refractivity contribution is 0.0696. The van der Waals surface area contributed by atoms with Crippen LogP contribution in [0, 0.1) is 19.8 Å². The van der Waals surface area contributed by atoms with Gasteiger partial charge in [0.15, 0.2) is 0 Å². The SMILES string of the molecule is Cc1sc(-n2cccc2CNCCC(C)C)c(C(=O)O)c1C. The van der Waals surface area contributed by atoms with E-state index in [2.05, 4.69) is 19.2 Å². The molecule has 0 unspecified atom stereocenters. The van der Waals surface area contributed by atoms with E-state index in [1.54, 1.807) is 0 Å². The summed E-state index contributed by atoms with van der Waals surface area (Å²) in [6.07, 6.45) is 3.08. The molecule has 2 rings (SSSR count). The quantitative estimate of drug-likeness (QED) is 0.758. The highest BCUT2D eigenvalue weighted by Gasteiger charge is 2.20. The maximum atomic E-state index is 11.6. The van der Waals surface area contributed by atoms with E-state index >= 15 is 0 Å². The van der Waals surface area contributed by atoms with E-state index in [1.165, 1.54) is 11.3 Å². The summed E-state index contributed by atoms with van der Waals surface area (Å²) in [6.45, 7) is 9.98. The molecule has 0 aromatic carbocycles. The van der Waals surface area contributed by atoms with Crippen molar-refractivity contribution >= 4 is 17.3 Å². The van der Waals surface area contributed by atoms with E-state index in [0.717, 1.165) is 40.6 Å². The van der Waals surface area contributed by atoms with Gasteiger partial charge in [-0.2, -0.15) is 0 Å². The number of carboxylic acid groups (broad SMARTS) is 1. The van der Waals surface area contributed by atoms with Crippen molar-refractivity contribution < 1.29 is 9.90 Å². The van der Waals surface area contributed by atoms with Crippen molar-refractivity contribution in [2.45, 2.75) is 40.7 Å². The Morgan fingerprint density at radius 1 is 1.41 bits per heavy atom. The number of aryl methyl sites for hydroxylation is 1. The molecule has 120 valence electrons. The van der Waals surface area contributed by atoms with Crippen LogP contribution < -0.4 is 5.32 Å². The van der Waals surface area contributed by atoms with Crippen molar-refractivity contribution in [2.24, 2.45) is 5.92 Å². The molecule has 0 saturated carbocycles. The summed E-state index contributed by atoms with van der Waals surface area (Å²) in [5, 5.41) is 13.7. The van der Waals surface area contributed by atoms with Gasteiger partial charge in [0.05, 0.1) is 5.56 Å². The second-order valence-corrected chi connectivity index (χ2v) is 7.20. The molecular weight excluding hydrogens is 296 g/mol. The number of hydrogen-bond acceptors (Lipinski definition) is 3. The highest BCUT2D eigenvalue weighted by Crippen LogP contribution is 2.31. The monoisotopic (exact) mass is 320 g/mol. The van der Waals surface area contributed by atoms with Gasteiger partial charge in [0.2, 0.25) is 0 Å². The summed E-state index contributed by atoms with van der Waals surface area (Å²) in [4.78, 5) is 12.6. The fourth-order valence-corrected chi connectivity index (χ4v) is 3.56. The number of nitrogens with zero attached hydrogens (tertiary/aromatic N) is 1. The largest absolute Gasteiger partial charge is 0.478 e. The van der Waals surface area contributed by atoms with E-state index in [-0.39, 0.29) is 0 Å². The standard InChI is InChI=1S/C17H24N2O2S/c1-11(2)7-8-18-10-14-6-5-9-19(14)16-15(17(20)21)12(3)13(4)22-16/h5-6,9,11,18H,7-8,10H2,1-4H3,(H,20,21). The molecule has 0 spiro atoms. The first-order chi connectivity index (χ1) is 10.4. The summed E-state index contributed by atoms with van der Waals surface area (Å²) in [6, 6.07) is 4.01. The first-order valence-corrected chi connectivity index (χ1v) is 8.44. The fourth-order valence-electron chi connectivity index (χ4n) is 2.40. The molecule has 22 heavy (non-hydrogen) atoms. The van der Waals surface area contributed by atoms with E-state index in [9.17, 15) is 9.90 Å². The topological polar surface area (TPSA) is 54.3 Å². The van der Waals surface area contributed by atoms with Crippen LogP contribution in [-0.4, -0.2) is 22.2 Å². The van der Waals surface area contributed by atoms with Gasteiger partial charge in [0, 0.05) is 23.3 Å². The highest BCUT2D eigenvalue weighted by molar-refractivity contribution is 7.15. The van der Waals surface area contributed by atoms with Gasteiger partial charge < -0.3 is 15.0 Å². The number of rotatable bonds is 7. The minimum absolute atomic E-state index is 0.419. The van der Waals surface area contributed by atoms with Gasteiger partial charge >= 0.3 is 5.97 Å². The molecule has 2 N–H and O–H groups in total. The van der Waals surface area contributed by atoms with Crippen molar-refractivity contribution in [1.29, 1.82) is 0 Å². The molecule has 0 aliphatic carbocycles. The van der Waals surface area contributed by atoms with Gasteiger partial charge in [0.1, 0.15) is 5.00 Å². The Kier molecular flexibility index (Phi) is 5.42. The molecular formula is C17H24N2O2S. The minimum Gasteiger partial charge on any atom is -0.478 e. The van der Waals surface area contributed by atoms with E-state index in [0.29, 0.717) is 11.5 Å². The third-order valence-corrected chi connectivity index (χ3v) is 5.04. The van der Waals surface area contributed by atoms with Crippen LogP contribution in [0.15, 0.2) is 18.3 Å². The third-order valence-electron chi connectivity index (χ3n) is 3.84. The Bertz CT molecular complexity index is 656. The molecule has 2 aromatic rings. The van der Waals surface area contributed by atoms with E-state index in [1.807, 2.05) is 36.7 Å². The molecule has 0 amide bonds. The van der Waals surface area contributed by atoms with Crippen LogP contribution in [0.25, 0.3) is 5.00 Å². The fraction of sp³-hybridized carbons (Fsp3) is 0.471. The average Bonchev–Trinajstić information content (AvgIpc) is 3.00. The summed E-state index contributed by atoms with van der Waals surface area (Å²) in [5.41, 5.74) is 2.37. The zero-order valence-corrected chi connectivity index (χ0v) is 14.5. The second-order valence-electron chi connectivity index (χ2n) is 6.00. The lowest BCUT2D eigenvalue weighted by atomic mass is 10.1. The summed E-state index contributed by atoms with van der Waals surface area (Å²) < 4.78 is 2.00. The van der Waals surface area contributed by atoms with Gasteiger partial charge in [-0.05, 0) is 50.4 Å². The zero-order chi connectivity index (χ0) is 16.3. The van der Waals surface area contributed by atoms with Crippen LogP contribution in [0.5, 0.6) is 0 Å². The lowest BCUT2D eigenvalue weighted by Crippen LogP contribution is -2.18.